The summed E-state index contributed by atoms with van der Waals surface area (Å²) >= 11 is 5.02. The highest BCUT2D eigenvalue weighted by atomic mass is 32.1. The van der Waals surface area contributed by atoms with E-state index in [1.165, 1.54) is 0 Å². The molecule has 0 aliphatic carbocycles. The zero-order valence-electron chi connectivity index (χ0n) is 11.5. The molecule has 0 saturated carbocycles. The van der Waals surface area contributed by atoms with Crippen LogP contribution in [0.25, 0.3) is 0 Å². The maximum absolute atomic E-state index is 9.82. The van der Waals surface area contributed by atoms with Crippen LogP contribution in [-0.4, -0.2) is 48.4 Å². The van der Waals surface area contributed by atoms with Crippen LogP contribution in [-0.2, 0) is 4.74 Å². The number of ether oxygens (including phenoxy) is 1. The minimum atomic E-state index is -0.521. The van der Waals surface area contributed by atoms with Crippen LogP contribution in [0, 0.1) is 0 Å². The molecule has 1 rings (SSSR count). The lowest BCUT2D eigenvalue weighted by molar-refractivity contribution is 0.0346. The van der Waals surface area contributed by atoms with E-state index in [0.717, 1.165) is 5.56 Å². The molecule has 4 nitrogen and oxygen atoms in total. The van der Waals surface area contributed by atoms with Gasteiger partial charge in [0.05, 0.1) is 17.7 Å². The van der Waals surface area contributed by atoms with Crippen LogP contribution in [0.1, 0.15) is 18.0 Å². The summed E-state index contributed by atoms with van der Waals surface area (Å²) in [7, 11) is 3.53. The van der Waals surface area contributed by atoms with Crippen molar-refractivity contribution in [2.45, 2.75) is 18.6 Å². The highest BCUT2D eigenvalue weighted by molar-refractivity contribution is 7.80. The van der Waals surface area contributed by atoms with Gasteiger partial charge in [0.1, 0.15) is 0 Å². The van der Waals surface area contributed by atoms with E-state index >= 15 is 0 Å². The van der Waals surface area contributed by atoms with E-state index in [0.29, 0.717) is 24.6 Å². The van der Waals surface area contributed by atoms with E-state index in [1.807, 2.05) is 37.4 Å². The van der Waals surface area contributed by atoms with Crippen molar-refractivity contribution in [3.05, 3.63) is 35.9 Å². The Bertz CT molecular complexity index is 386. The third kappa shape index (κ3) is 5.65. The number of nitrogens with zero attached hydrogens (tertiary/aromatic N) is 1. The van der Waals surface area contributed by atoms with Gasteiger partial charge in [-0.1, -0.05) is 42.5 Å². The number of hydrogen-bond donors (Lipinski definition) is 2. The molecule has 5 heteroatoms. The predicted octanol–water partition coefficient (Wildman–Crippen LogP) is 1.34. The van der Waals surface area contributed by atoms with E-state index in [9.17, 15) is 5.11 Å². The number of hydrogen-bond acceptors (Lipinski definition) is 4. The molecule has 1 aromatic carbocycles. The van der Waals surface area contributed by atoms with E-state index in [-0.39, 0.29) is 6.04 Å². The molecule has 0 bridgehead atoms. The largest absolute Gasteiger partial charge is 0.393 e. The van der Waals surface area contributed by atoms with Crippen LogP contribution in [0.4, 0.5) is 0 Å². The van der Waals surface area contributed by atoms with Crippen LogP contribution < -0.4 is 5.73 Å². The van der Waals surface area contributed by atoms with Crippen LogP contribution in [0.2, 0.25) is 0 Å². The molecule has 0 aliphatic rings. The fourth-order valence-corrected chi connectivity index (χ4v) is 2.26. The quantitative estimate of drug-likeness (QED) is 0.705. The van der Waals surface area contributed by atoms with Gasteiger partial charge in [0.15, 0.2) is 0 Å². The second-order valence-electron chi connectivity index (χ2n) is 4.65. The van der Waals surface area contributed by atoms with E-state index in [1.54, 1.807) is 7.11 Å². The predicted molar refractivity (Wildman–Crippen MR) is 81.1 cm³/mol. The number of thiocarbonyl (C=S) groups is 1. The van der Waals surface area contributed by atoms with Gasteiger partial charge >= 0.3 is 0 Å². The maximum Gasteiger partial charge on any atom is 0.0900 e. The van der Waals surface area contributed by atoms with Gasteiger partial charge in [0.2, 0.25) is 0 Å². The van der Waals surface area contributed by atoms with Gasteiger partial charge in [-0.2, -0.15) is 0 Å². The lowest BCUT2D eigenvalue weighted by Crippen LogP contribution is -2.36. The van der Waals surface area contributed by atoms with Gasteiger partial charge in [0.25, 0.3) is 0 Å². The number of nitrogens with two attached hydrogens (primary N) is 1. The average Bonchev–Trinajstić information content (AvgIpc) is 2.37. The summed E-state index contributed by atoms with van der Waals surface area (Å²) in [4.78, 5) is 2.53. The summed E-state index contributed by atoms with van der Waals surface area (Å²) < 4.78 is 4.94. The summed E-state index contributed by atoms with van der Waals surface area (Å²) in [5, 5.41) is 9.82. The third-order valence-corrected chi connectivity index (χ3v) is 3.14. The Morgan fingerprint density at radius 2 is 2.05 bits per heavy atom. The first-order valence-electron chi connectivity index (χ1n) is 6.25. The molecule has 0 heterocycles. The molecule has 0 aromatic heterocycles. The standard InChI is InChI=1S/C14H22N2O2S/c1-16(9-12(17)10-18-2)13(8-14(15)19)11-6-4-3-5-7-11/h3-7,12-13,17H,8-10H2,1-2H3,(H2,15,19). The van der Waals surface area contributed by atoms with Crippen molar-refractivity contribution in [3.63, 3.8) is 0 Å². The Kier molecular flexibility index (Phi) is 6.94. The molecule has 3 N–H and O–H groups in total. The molecule has 106 valence electrons. The Labute approximate surface area is 120 Å². The second kappa shape index (κ2) is 8.22. The number of aliphatic hydroxyl groups excluding tert-OH is 1. The Morgan fingerprint density at radius 3 is 2.58 bits per heavy atom. The minimum Gasteiger partial charge on any atom is -0.393 e. The number of aliphatic hydroxyl groups is 1. The van der Waals surface area contributed by atoms with Gasteiger partial charge in [-0.25, -0.2) is 0 Å². The normalized spacial score (nSPS) is 14.3. The second-order valence-corrected chi connectivity index (χ2v) is 5.17. The van der Waals surface area contributed by atoms with Gasteiger partial charge in [-0.15, -0.1) is 0 Å². The van der Waals surface area contributed by atoms with Crippen molar-refractivity contribution < 1.29 is 9.84 Å². The highest BCUT2D eigenvalue weighted by Gasteiger charge is 2.20. The molecule has 0 spiro atoms. The SMILES string of the molecule is COCC(O)CN(C)C(CC(N)=S)c1ccccc1. The van der Waals surface area contributed by atoms with E-state index < -0.39 is 6.10 Å². The monoisotopic (exact) mass is 282 g/mol. The summed E-state index contributed by atoms with van der Waals surface area (Å²) in [6.07, 6.45) is 0.0720. The van der Waals surface area contributed by atoms with Crippen molar-refractivity contribution in [2.24, 2.45) is 5.73 Å². The van der Waals surface area contributed by atoms with Gasteiger partial charge < -0.3 is 15.6 Å². The van der Waals surface area contributed by atoms with E-state index in [4.69, 9.17) is 22.7 Å². The molecular formula is C14H22N2O2S. The number of rotatable bonds is 8. The number of benzene rings is 1. The van der Waals surface area contributed by atoms with Crippen LogP contribution >= 0.6 is 12.2 Å². The minimum absolute atomic E-state index is 0.0743. The number of methoxy groups -OCH3 is 1. The number of likely N-dealkylation sites (N-methyl/N-ethyl adjacent to an activating group) is 1. The first-order valence-corrected chi connectivity index (χ1v) is 6.66. The fraction of sp³-hybridized carbons (Fsp3) is 0.500. The van der Waals surface area contributed by atoms with E-state index in [2.05, 4.69) is 4.90 Å². The molecule has 19 heavy (non-hydrogen) atoms. The van der Waals surface area contributed by atoms with Gasteiger partial charge in [-0.05, 0) is 12.6 Å². The zero-order chi connectivity index (χ0) is 14.3. The van der Waals surface area contributed by atoms with Gasteiger partial charge in [0, 0.05) is 26.1 Å². The fourth-order valence-electron chi connectivity index (χ4n) is 2.10. The van der Waals surface area contributed by atoms with Gasteiger partial charge in [-0.3, -0.25) is 4.90 Å². The smallest absolute Gasteiger partial charge is 0.0900 e. The zero-order valence-corrected chi connectivity index (χ0v) is 12.3. The lowest BCUT2D eigenvalue weighted by Gasteiger charge is -2.29. The third-order valence-electron chi connectivity index (χ3n) is 2.97. The molecule has 2 unspecified atom stereocenters. The summed E-state index contributed by atoms with van der Waals surface area (Å²) in [6.45, 7) is 0.828. The molecule has 0 saturated heterocycles. The highest BCUT2D eigenvalue weighted by Crippen LogP contribution is 2.23. The van der Waals surface area contributed by atoms with Crippen molar-refractivity contribution in [2.75, 3.05) is 27.3 Å². The van der Waals surface area contributed by atoms with Crippen molar-refractivity contribution in [3.8, 4) is 0 Å². The van der Waals surface area contributed by atoms with Crippen LogP contribution in [0.15, 0.2) is 30.3 Å². The molecule has 0 aliphatic heterocycles. The molecular weight excluding hydrogens is 260 g/mol. The Balaban J connectivity index is 2.76. The lowest BCUT2D eigenvalue weighted by atomic mass is 10.0. The molecule has 0 fully saturated rings. The molecule has 2 atom stereocenters. The van der Waals surface area contributed by atoms with Crippen molar-refractivity contribution in [1.82, 2.24) is 4.90 Å². The molecule has 1 aromatic rings. The Morgan fingerprint density at radius 1 is 1.42 bits per heavy atom. The average molecular weight is 282 g/mol. The first kappa shape index (κ1) is 16.0. The maximum atomic E-state index is 9.82. The summed E-state index contributed by atoms with van der Waals surface area (Å²) in [5.41, 5.74) is 6.82. The molecule has 0 amide bonds. The van der Waals surface area contributed by atoms with Crippen molar-refractivity contribution >= 4 is 17.2 Å². The summed E-state index contributed by atoms with van der Waals surface area (Å²) in [6, 6.07) is 10.1. The van der Waals surface area contributed by atoms with Crippen LogP contribution in [0.5, 0.6) is 0 Å². The summed E-state index contributed by atoms with van der Waals surface area (Å²) in [5.74, 6) is 0. The van der Waals surface area contributed by atoms with Crippen LogP contribution in [0.3, 0.4) is 0 Å². The molecule has 0 radical (unpaired) electrons. The van der Waals surface area contributed by atoms with Crippen molar-refractivity contribution in [1.29, 1.82) is 0 Å². The first-order chi connectivity index (χ1) is 9.04. The topological polar surface area (TPSA) is 58.7 Å². The Hall–Kier alpha value is -1.01.